The number of nitrogens with one attached hydrogen (secondary N) is 1. The second kappa shape index (κ2) is 5.58. The van der Waals surface area contributed by atoms with Gasteiger partial charge in [0, 0.05) is 5.56 Å². The van der Waals surface area contributed by atoms with E-state index in [2.05, 4.69) is 0 Å². The molecule has 8 N–H and O–H groups in total. The van der Waals surface area contributed by atoms with Crippen molar-refractivity contribution < 1.29 is 14.7 Å². The van der Waals surface area contributed by atoms with E-state index < -0.39 is 29.8 Å². The van der Waals surface area contributed by atoms with E-state index in [4.69, 9.17) is 27.7 Å². The van der Waals surface area contributed by atoms with Gasteiger partial charge in [-0.25, -0.2) is 0 Å². The zero-order valence-electron chi connectivity index (χ0n) is 10.4. The maximum absolute atomic E-state index is 12.2. The fourth-order valence-corrected chi connectivity index (χ4v) is 2.17. The Morgan fingerprint density at radius 3 is 2.30 bits per heavy atom. The topological polar surface area (TPSA) is 156 Å². The summed E-state index contributed by atoms with van der Waals surface area (Å²) in [5.41, 5.74) is 18.1. The molecule has 7 nitrogen and oxygen atoms in total. The first kappa shape index (κ1) is 16.1. The van der Waals surface area contributed by atoms with Crippen LogP contribution in [-0.4, -0.2) is 34.8 Å². The minimum atomic E-state index is -1.44. The molecule has 2 unspecified atom stereocenters. The van der Waals surface area contributed by atoms with Crippen LogP contribution in [0.3, 0.4) is 0 Å². The Kier molecular flexibility index (Phi) is 4.49. The highest BCUT2D eigenvalue weighted by Crippen LogP contribution is 2.39. The number of Topliss-reactive ketones (excluding diaryl/α,β-unsaturated/α-hetero) is 1. The summed E-state index contributed by atoms with van der Waals surface area (Å²) in [6, 6.07) is 2.32. The normalized spacial score (nSPS) is 18.2. The molecule has 1 aromatic rings. The number of aliphatic carboxylic acids is 1. The van der Waals surface area contributed by atoms with Gasteiger partial charge in [-0.05, 0) is 11.1 Å². The number of amidine groups is 1. The number of ketones is 1. The molecule has 0 radical (unpaired) electrons. The summed E-state index contributed by atoms with van der Waals surface area (Å²) in [7, 11) is 0. The first-order valence-electron chi connectivity index (χ1n) is 5.60. The van der Waals surface area contributed by atoms with Crippen molar-refractivity contribution in [1.82, 2.24) is 0 Å². The molecule has 20 heavy (non-hydrogen) atoms. The first-order chi connectivity index (χ1) is 8.84. The third-order valence-electron chi connectivity index (χ3n) is 3.30. The minimum Gasteiger partial charge on any atom is -0.480 e. The number of hydrogen-bond donors (Lipinski definition) is 5. The molecule has 2 bridgehead atoms. The van der Waals surface area contributed by atoms with Crippen molar-refractivity contribution in [2.75, 3.05) is 0 Å². The van der Waals surface area contributed by atoms with Gasteiger partial charge in [-0.3, -0.25) is 15.0 Å². The molecule has 3 atom stereocenters. The molecule has 0 amide bonds. The zero-order valence-corrected chi connectivity index (χ0v) is 11.2. The van der Waals surface area contributed by atoms with Crippen LogP contribution in [-0.2, 0) is 9.59 Å². The second-order valence-electron chi connectivity index (χ2n) is 4.49. The van der Waals surface area contributed by atoms with Gasteiger partial charge in [0.15, 0.2) is 5.78 Å². The number of nitrogens with two attached hydrogens (primary N) is 3. The Morgan fingerprint density at radius 2 is 1.85 bits per heavy atom. The van der Waals surface area contributed by atoms with Gasteiger partial charge in [0.2, 0.25) is 0 Å². The summed E-state index contributed by atoms with van der Waals surface area (Å²) in [6.45, 7) is 0. The Morgan fingerprint density at radius 1 is 1.25 bits per heavy atom. The molecule has 3 rings (SSSR count). The Labute approximate surface area is 121 Å². The predicted molar refractivity (Wildman–Crippen MR) is 75.1 cm³/mol. The molecular weight excluding hydrogens is 284 g/mol. The fraction of sp³-hybridized carbons (Fsp3) is 0.250. The molecule has 108 valence electrons. The molecule has 0 aromatic heterocycles. The van der Waals surface area contributed by atoms with Crippen LogP contribution >= 0.6 is 12.4 Å². The van der Waals surface area contributed by atoms with E-state index in [0.29, 0.717) is 11.1 Å². The molecular formula is C12H15ClN4O3. The van der Waals surface area contributed by atoms with E-state index >= 15 is 0 Å². The van der Waals surface area contributed by atoms with Crippen molar-refractivity contribution >= 4 is 30.0 Å². The Balaban J connectivity index is 0.00000200. The summed E-state index contributed by atoms with van der Waals surface area (Å²) in [5.74, 6) is -2.56. The van der Waals surface area contributed by atoms with Gasteiger partial charge in [-0.2, -0.15) is 0 Å². The van der Waals surface area contributed by atoms with Gasteiger partial charge in [-0.1, -0.05) is 18.2 Å². The maximum Gasteiger partial charge on any atom is 0.322 e. The molecule has 8 heteroatoms. The van der Waals surface area contributed by atoms with E-state index in [-0.39, 0.29) is 18.2 Å². The van der Waals surface area contributed by atoms with Crippen LogP contribution in [0.4, 0.5) is 0 Å². The van der Waals surface area contributed by atoms with Crippen molar-refractivity contribution in [3.8, 4) is 0 Å². The average molecular weight is 299 g/mol. The lowest BCUT2D eigenvalue weighted by Crippen LogP contribution is -2.53. The van der Waals surface area contributed by atoms with Crippen molar-refractivity contribution in [2.45, 2.75) is 18.0 Å². The van der Waals surface area contributed by atoms with Crippen LogP contribution in [0.2, 0.25) is 0 Å². The third-order valence-corrected chi connectivity index (χ3v) is 3.30. The van der Waals surface area contributed by atoms with Gasteiger partial charge in [-0.15, -0.1) is 12.4 Å². The number of carboxylic acid groups (broad SMARTS) is 1. The number of halogens is 1. The van der Waals surface area contributed by atoms with Crippen LogP contribution < -0.4 is 17.2 Å². The van der Waals surface area contributed by atoms with Crippen molar-refractivity contribution in [2.24, 2.45) is 17.2 Å². The molecule has 0 heterocycles. The number of benzene rings is 1. The van der Waals surface area contributed by atoms with Crippen molar-refractivity contribution in [3.05, 3.63) is 34.9 Å². The molecule has 2 aliphatic carbocycles. The van der Waals surface area contributed by atoms with Crippen LogP contribution in [0, 0.1) is 5.41 Å². The number of hydrogen-bond acceptors (Lipinski definition) is 5. The lowest BCUT2D eigenvalue weighted by Gasteiger charge is -2.31. The SMILES string of the molecule is Cl.N=C(N)c1ccc2cc1C2C(=O)C(N)[C@H](N)C(=O)O. The summed E-state index contributed by atoms with van der Waals surface area (Å²) in [4.78, 5) is 22.9. The van der Waals surface area contributed by atoms with E-state index in [9.17, 15) is 9.59 Å². The smallest absolute Gasteiger partial charge is 0.322 e. The van der Waals surface area contributed by atoms with Crippen molar-refractivity contribution in [3.63, 3.8) is 0 Å². The number of carboxylic acids is 1. The summed E-state index contributed by atoms with van der Waals surface area (Å²) < 4.78 is 0. The maximum atomic E-state index is 12.2. The van der Waals surface area contributed by atoms with Crippen molar-refractivity contribution in [1.29, 1.82) is 5.41 Å². The van der Waals surface area contributed by atoms with Crippen LogP contribution in [0.15, 0.2) is 18.2 Å². The van der Waals surface area contributed by atoms with E-state index in [1.807, 2.05) is 0 Å². The average Bonchev–Trinajstić information content (AvgIpc) is 2.36. The summed E-state index contributed by atoms with van der Waals surface area (Å²) in [5, 5.41) is 16.2. The standard InChI is InChI=1S/C12H14N4O3.ClH/c13-8(9(14)12(18)19)10(17)7-4-1-2-5(11(15)16)6(7)3-4;/h1-3,7-9H,13-14H2,(H3,15,16)(H,18,19);1H/t7?,8?,9-;/m0./s1. The number of fused-ring (bicyclic) bond motifs is 2. The predicted octanol–water partition coefficient (Wildman–Crippen LogP) is -0.854. The summed E-state index contributed by atoms with van der Waals surface area (Å²) >= 11 is 0. The highest BCUT2D eigenvalue weighted by molar-refractivity contribution is 6.04. The molecule has 0 spiro atoms. The fourth-order valence-electron chi connectivity index (χ4n) is 2.17. The van der Waals surface area contributed by atoms with Crippen LogP contribution in [0.5, 0.6) is 0 Å². The van der Waals surface area contributed by atoms with Crippen LogP contribution in [0.1, 0.15) is 22.6 Å². The van der Waals surface area contributed by atoms with Gasteiger partial charge in [0.05, 0.1) is 12.0 Å². The quantitative estimate of drug-likeness (QED) is 0.352. The number of carbonyl (C=O) groups excluding carboxylic acids is 1. The Bertz CT molecular complexity index is 586. The molecule has 2 aliphatic rings. The third kappa shape index (κ3) is 2.38. The Hall–Kier alpha value is -1.96. The molecule has 0 saturated carbocycles. The summed E-state index contributed by atoms with van der Waals surface area (Å²) in [6.07, 6.45) is 0. The van der Waals surface area contributed by atoms with Gasteiger partial charge < -0.3 is 22.3 Å². The second-order valence-corrected chi connectivity index (χ2v) is 4.49. The van der Waals surface area contributed by atoms with E-state index in [0.717, 1.165) is 5.56 Å². The van der Waals surface area contributed by atoms with Crippen LogP contribution in [0.25, 0.3) is 0 Å². The molecule has 0 aliphatic heterocycles. The van der Waals surface area contributed by atoms with E-state index in [1.54, 1.807) is 18.2 Å². The lowest BCUT2D eigenvalue weighted by atomic mass is 9.72. The zero-order chi connectivity index (χ0) is 14.3. The highest BCUT2D eigenvalue weighted by Gasteiger charge is 2.39. The number of carbonyl (C=O) groups is 2. The molecule has 1 aromatic carbocycles. The van der Waals surface area contributed by atoms with Gasteiger partial charge in [0.1, 0.15) is 11.9 Å². The highest BCUT2D eigenvalue weighted by atomic mass is 35.5. The van der Waals surface area contributed by atoms with Gasteiger partial charge in [0.25, 0.3) is 0 Å². The molecule has 0 saturated heterocycles. The van der Waals surface area contributed by atoms with Gasteiger partial charge >= 0.3 is 5.97 Å². The first-order valence-corrected chi connectivity index (χ1v) is 5.60. The van der Waals surface area contributed by atoms with E-state index in [1.165, 1.54) is 0 Å². The largest absolute Gasteiger partial charge is 0.480 e. The lowest BCUT2D eigenvalue weighted by molar-refractivity contribution is -0.141. The number of rotatable bonds is 5. The number of nitrogen functional groups attached to an aromatic ring is 1. The minimum absolute atomic E-state index is 0. The molecule has 0 fully saturated rings. The monoisotopic (exact) mass is 298 g/mol.